The average Bonchev–Trinajstić information content (AvgIpc) is 2.77. The molecule has 0 aromatic carbocycles. The van der Waals surface area contributed by atoms with Crippen LogP contribution in [0.25, 0.3) is 10.8 Å². The molecule has 96 valence electrons. The summed E-state index contributed by atoms with van der Waals surface area (Å²) in [4.78, 5) is 22.0. The number of ether oxygens (including phenoxy) is 2. The monoisotopic (exact) mass is 268 g/mol. The maximum absolute atomic E-state index is 10.5. The van der Waals surface area contributed by atoms with Crippen molar-refractivity contribution in [3.63, 3.8) is 0 Å². The van der Waals surface area contributed by atoms with Gasteiger partial charge in [0.1, 0.15) is 24.0 Å². The molecule has 3 N–H and O–H groups in total. The Hall–Kier alpha value is -1.72. The van der Waals surface area contributed by atoms with E-state index in [4.69, 9.17) is 15.2 Å². The van der Waals surface area contributed by atoms with E-state index in [1.54, 1.807) is 0 Å². The second-order valence-electron chi connectivity index (χ2n) is 3.52. The normalized spacial score (nSPS) is 11.2. The van der Waals surface area contributed by atoms with Crippen LogP contribution in [0.1, 0.15) is 12.7 Å². The minimum atomic E-state index is -0.322. The smallest absolute Gasteiger partial charge is 0.302 e. The third kappa shape index (κ3) is 3.15. The van der Waals surface area contributed by atoms with E-state index in [0.717, 1.165) is 19.0 Å². The van der Waals surface area contributed by atoms with E-state index in [1.165, 1.54) is 6.92 Å². The first-order valence-corrected chi connectivity index (χ1v) is 6.30. The van der Waals surface area contributed by atoms with Gasteiger partial charge in [0, 0.05) is 12.9 Å². The number of aromatic amines is 1. The zero-order valence-corrected chi connectivity index (χ0v) is 10.7. The third-order valence-electron chi connectivity index (χ3n) is 2.12. The van der Waals surface area contributed by atoms with Crippen molar-refractivity contribution in [2.45, 2.75) is 13.5 Å². The summed E-state index contributed by atoms with van der Waals surface area (Å²) in [5, 5.41) is 0.848. The molecule has 0 aliphatic rings. The summed E-state index contributed by atoms with van der Waals surface area (Å²) >= 11 is 0. The van der Waals surface area contributed by atoms with Gasteiger partial charge in [-0.1, -0.05) is 0 Å². The Morgan fingerprint density at radius 2 is 2.33 bits per heavy atom. The van der Waals surface area contributed by atoms with Crippen molar-refractivity contribution < 1.29 is 14.3 Å². The maximum Gasteiger partial charge on any atom is 0.302 e. The number of hydrogen-bond donors (Lipinski definition) is 2. The summed E-state index contributed by atoms with van der Waals surface area (Å²) in [7, 11) is 0.967. The van der Waals surface area contributed by atoms with Crippen molar-refractivity contribution in [2.75, 3.05) is 18.9 Å². The number of fused-ring (bicyclic) bond motifs is 1. The Morgan fingerprint density at radius 3 is 3.11 bits per heavy atom. The molecule has 7 nitrogen and oxygen atoms in total. The number of carbonyl (C=O) groups excluding carboxylic acids is 1. The number of nitrogens with two attached hydrogens (primary N) is 1. The lowest BCUT2D eigenvalue weighted by atomic mass is 10.5. The molecule has 0 atom stereocenters. The molecule has 0 spiro atoms. The highest BCUT2D eigenvalue weighted by molar-refractivity contribution is 7.35. The molecule has 8 heteroatoms. The Kier molecular flexibility index (Phi) is 4.07. The maximum atomic E-state index is 10.5. The van der Waals surface area contributed by atoms with E-state index in [0.29, 0.717) is 18.2 Å². The highest BCUT2D eigenvalue weighted by Gasteiger charge is 2.06. The Labute approximate surface area is 105 Å². The number of anilines is 1. The van der Waals surface area contributed by atoms with E-state index in [9.17, 15) is 4.79 Å². The predicted molar refractivity (Wildman–Crippen MR) is 67.1 cm³/mol. The quantitative estimate of drug-likeness (QED) is 0.623. The summed E-state index contributed by atoms with van der Waals surface area (Å²) in [6.45, 7) is 2.13. The van der Waals surface area contributed by atoms with E-state index in [-0.39, 0.29) is 19.2 Å². The molecular weight excluding hydrogens is 255 g/mol. The SMILES string of the molecule is CC(=O)OCCOCc1nc(N)c2[nH]cpc2n1. The fourth-order valence-corrected chi connectivity index (χ4v) is 2.17. The van der Waals surface area contributed by atoms with Crippen LogP contribution in [-0.4, -0.2) is 34.1 Å². The Morgan fingerprint density at radius 1 is 1.50 bits per heavy atom. The predicted octanol–water partition coefficient (Wildman–Crippen LogP) is 1.20. The summed E-state index contributed by atoms with van der Waals surface area (Å²) in [5.41, 5.74) is 6.54. The molecule has 0 aliphatic heterocycles. The van der Waals surface area contributed by atoms with Gasteiger partial charge in [-0.15, -0.1) is 0 Å². The van der Waals surface area contributed by atoms with Gasteiger partial charge in [-0.25, -0.2) is 9.97 Å². The standard InChI is InChI=1S/C10H13N4O3P/c1-6(15)17-3-2-16-4-7-13-9(11)8-10(14-7)18-5-12-8/h5,12H,2-4H2,1H3,(H2,11,13,14). The van der Waals surface area contributed by atoms with Crippen molar-refractivity contribution in [3.8, 4) is 0 Å². The first kappa shape index (κ1) is 12.7. The fourth-order valence-electron chi connectivity index (χ4n) is 1.37. The molecule has 0 amide bonds. The van der Waals surface area contributed by atoms with Gasteiger partial charge in [-0.05, 0) is 8.19 Å². The number of esters is 1. The van der Waals surface area contributed by atoms with Crippen LogP contribution < -0.4 is 5.73 Å². The van der Waals surface area contributed by atoms with Crippen LogP contribution >= 0.6 is 8.19 Å². The van der Waals surface area contributed by atoms with Gasteiger partial charge in [0.25, 0.3) is 0 Å². The summed E-state index contributed by atoms with van der Waals surface area (Å²) in [5.74, 6) is 2.47. The second kappa shape index (κ2) is 5.75. The highest BCUT2D eigenvalue weighted by atomic mass is 31.0. The lowest BCUT2D eigenvalue weighted by molar-refractivity contribution is -0.142. The van der Waals surface area contributed by atoms with E-state index < -0.39 is 0 Å². The molecule has 0 saturated carbocycles. The largest absolute Gasteiger partial charge is 0.463 e. The van der Waals surface area contributed by atoms with Crippen LogP contribution in [-0.2, 0) is 20.9 Å². The molecule has 0 saturated heterocycles. The van der Waals surface area contributed by atoms with Gasteiger partial charge in [-0.2, -0.15) is 0 Å². The summed E-state index contributed by atoms with van der Waals surface area (Å²) in [6, 6.07) is 0. The molecule has 0 radical (unpaired) electrons. The number of carbonyl (C=O) groups is 1. The van der Waals surface area contributed by atoms with Crippen molar-refractivity contribution in [1.29, 1.82) is 0 Å². The molecule has 2 heterocycles. The topological polar surface area (TPSA) is 103 Å². The lowest BCUT2D eigenvalue weighted by Gasteiger charge is -2.04. The zero-order valence-electron chi connectivity index (χ0n) is 9.84. The Balaban J connectivity index is 1.89. The van der Waals surface area contributed by atoms with Crippen LogP contribution in [0.15, 0.2) is 5.93 Å². The molecule has 2 aromatic rings. The fraction of sp³-hybridized carbons (Fsp3) is 0.400. The van der Waals surface area contributed by atoms with Gasteiger partial charge < -0.3 is 20.2 Å². The molecule has 2 aromatic heterocycles. The summed E-state index contributed by atoms with van der Waals surface area (Å²) in [6.07, 6.45) is 0. The van der Waals surface area contributed by atoms with Crippen molar-refractivity contribution >= 4 is 30.7 Å². The van der Waals surface area contributed by atoms with Crippen LogP contribution in [0.5, 0.6) is 0 Å². The first-order chi connectivity index (χ1) is 8.66. The van der Waals surface area contributed by atoms with Crippen LogP contribution in [0, 0.1) is 0 Å². The number of H-pyrrole nitrogens is 1. The molecule has 2 rings (SSSR count). The number of rotatable bonds is 5. The van der Waals surface area contributed by atoms with Gasteiger partial charge >= 0.3 is 5.97 Å². The number of nitrogens with zero attached hydrogens (tertiary/aromatic N) is 2. The van der Waals surface area contributed by atoms with Gasteiger partial charge in [0.05, 0.1) is 6.61 Å². The van der Waals surface area contributed by atoms with Gasteiger partial charge in [-0.3, -0.25) is 4.79 Å². The summed E-state index contributed by atoms with van der Waals surface area (Å²) < 4.78 is 10.0. The minimum Gasteiger partial charge on any atom is -0.463 e. The molecular formula is C10H13N4O3P. The number of aromatic nitrogens is 3. The molecule has 0 bridgehead atoms. The van der Waals surface area contributed by atoms with E-state index in [2.05, 4.69) is 15.0 Å². The van der Waals surface area contributed by atoms with Crippen molar-refractivity contribution in [2.24, 2.45) is 0 Å². The zero-order chi connectivity index (χ0) is 13.0. The van der Waals surface area contributed by atoms with E-state index in [1.807, 2.05) is 5.93 Å². The van der Waals surface area contributed by atoms with Crippen LogP contribution in [0.3, 0.4) is 0 Å². The third-order valence-corrected chi connectivity index (χ3v) is 2.95. The van der Waals surface area contributed by atoms with Crippen LogP contribution in [0.4, 0.5) is 5.82 Å². The number of nitrogens with one attached hydrogen (secondary N) is 1. The molecule has 18 heavy (non-hydrogen) atoms. The van der Waals surface area contributed by atoms with Gasteiger partial charge in [0.2, 0.25) is 0 Å². The molecule has 0 aliphatic carbocycles. The first-order valence-electron chi connectivity index (χ1n) is 5.33. The van der Waals surface area contributed by atoms with Gasteiger partial charge in [0.15, 0.2) is 11.6 Å². The van der Waals surface area contributed by atoms with Crippen molar-refractivity contribution in [3.05, 3.63) is 11.8 Å². The number of hydrogen-bond acceptors (Lipinski definition) is 6. The molecule has 0 unspecified atom stereocenters. The van der Waals surface area contributed by atoms with E-state index >= 15 is 0 Å². The van der Waals surface area contributed by atoms with Crippen LogP contribution in [0.2, 0.25) is 0 Å². The Bertz CT molecular complexity index is 557. The van der Waals surface area contributed by atoms with Crippen molar-refractivity contribution in [1.82, 2.24) is 15.0 Å². The highest BCUT2D eigenvalue weighted by Crippen LogP contribution is 2.23. The second-order valence-corrected chi connectivity index (χ2v) is 4.46. The molecule has 0 fully saturated rings. The number of nitrogen functional groups attached to an aromatic ring is 1. The lowest BCUT2D eigenvalue weighted by Crippen LogP contribution is -2.09. The minimum absolute atomic E-state index is 0.226. The average molecular weight is 268 g/mol.